The largest absolute Gasteiger partial charge is 0.339 e. The monoisotopic (exact) mass is 298 g/mol. The Morgan fingerprint density at radius 3 is 1.71 bits per heavy atom. The summed E-state index contributed by atoms with van der Waals surface area (Å²) in [7, 11) is 0. The zero-order valence-electron chi connectivity index (χ0n) is 15.0. The van der Waals surface area contributed by atoms with Crippen LogP contribution in [-0.4, -0.2) is 48.3 Å². The van der Waals surface area contributed by atoms with E-state index in [4.69, 9.17) is 0 Å². The van der Waals surface area contributed by atoms with Crippen molar-refractivity contribution in [2.45, 2.75) is 96.1 Å². The van der Waals surface area contributed by atoms with Crippen molar-refractivity contribution in [3.63, 3.8) is 0 Å². The lowest BCUT2D eigenvalue weighted by Gasteiger charge is -2.49. The van der Waals surface area contributed by atoms with Crippen molar-refractivity contribution < 1.29 is 10.6 Å². The molecule has 0 aromatic heterocycles. The molecule has 124 valence electrons. The molecule has 6 N–H and O–H groups in total. The second-order valence-electron chi connectivity index (χ2n) is 8.14. The topological polar surface area (TPSA) is 57.3 Å². The highest BCUT2D eigenvalue weighted by Gasteiger charge is 2.48. The van der Waals surface area contributed by atoms with Gasteiger partial charge in [-0.1, -0.05) is 13.8 Å². The first kappa shape index (κ1) is 17.2. The third-order valence-corrected chi connectivity index (χ3v) is 5.91. The van der Waals surface area contributed by atoms with Crippen LogP contribution >= 0.6 is 0 Å². The standard InChI is InChI=1S/C8H16N2.C7H14N2.C2H6/c1-8(2)7-4-3-6(10-7)5-9-8;1-7(2)6-3-5(9-6)4-8-7;1-2/h6-7,9-10H,3-5H2,1-2H3;5-6,8-9H,3-4H2,1-2H3;1-2H3/p+2. The Kier molecular flexibility index (Phi) is 5.35. The molecule has 0 radical (unpaired) electrons. The van der Waals surface area contributed by atoms with E-state index in [2.05, 4.69) is 49.0 Å². The average Bonchev–Trinajstić information content (AvgIpc) is 2.81. The van der Waals surface area contributed by atoms with Gasteiger partial charge in [-0.15, -0.1) is 0 Å². The number of piperidine rings is 1. The van der Waals surface area contributed by atoms with Crippen LogP contribution in [0.2, 0.25) is 0 Å². The number of nitrogens with one attached hydrogen (secondary N) is 2. The molecule has 0 spiro atoms. The molecular formula is C17H38N4+2. The van der Waals surface area contributed by atoms with Gasteiger partial charge >= 0.3 is 0 Å². The van der Waals surface area contributed by atoms with E-state index < -0.39 is 0 Å². The van der Waals surface area contributed by atoms with Gasteiger partial charge in [-0.05, 0) is 27.7 Å². The Morgan fingerprint density at radius 1 is 0.762 bits per heavy atom. The molecule has 4 heteroatoms. The molecule has 5 aliphatic rings. The molecule has 5 fully saturated rings. The molecule has 4 bridgehead atoms. The second-order valence-corrected chi connectivity index (χ2v) is 8.14. The van der Waals surface area contributed by atoms with Crippen molar-refractivity contribution in [3.8, 4) is 0 Å². The maximum atomic E-state index is 3.59. The summed E-state index contributed by atoms with van der Waals surface area (Å²) in [6.07, 6.45) is 4.26. The maximum Gasteiger partial charge on any atom is 0.110 e. The van der Waals surface area contributed by atoms with Crippen LogP contribution in [-0.2, 0) is 0 Å². The van der Waals surface area contributed by atoms with E-state index in [1.807, 2.05) is 13.8 Å². The predicted octanol–water partition coefficient (Wildman–Crippen LogP) is -0.439. The van der Waals surface area contributed by atoms with E-state index in [1.165, 1.54) is 32.4 Å². The smallest absolute Gasteiger partial charge is 0.110 e. The minimum atomic E-state index is 0.382. The lowest BCUT2D eigenvalue weighted by molar-refractivity contribution is -0.792. The Hall–Kier alpha value is -0.160. The van der Waals surface area contributed by atoms with Crippen LogP contribution in [0.25, 0.3) is 0 Å². The number of quaternary nitrogens is 2. The van der Waals surface area contributed by atoms with Crippen LogP contribution in [0.1, 0.15) is 60.8 Å². The van der Waals surface area contributed by atoms with Crippen molar-refractivity contribution >= 4 is 0 Å². The van der Waals surface area contributed by atoms with Crippen molar-refractivity contribution in [3.05, 3.63) is 0 Å². The Bertz CT molecular complexity index is 331. The Labute approximate surface area is 131 Å². The lowest BCUT2D eigenvalue weighted by Crippen LogP contribution is -3.11. The number of hydrogen-bond acceptors (Lipinski definition) is 2. The fourth-order valence-electron chi connectivity index (χ4n) is 4.04. The third kappa shape index (κ3) is 3.79. The first-order valence-electron chi connectivity index (χ1n) is 9.07. The van der Waals surface area contributed by atoms with Gasteiger partial charge < -0.3 is 21.3 Å². The molecule has 4 unspecified atom stereocenters. The fourth-order valence-corrected chi connectivity index (χ4v) is 4.04. The molecule has 5 rings (SSSR count). The van der Waals surface area contributed by atoms with E-state index in [-0.39, 0.29) is 0 Å². The molecule has 0 saturated carbocycles. The number of rotatable bonds is 0. The molecule has 4 atom stereocenters. The molecule has 0 aliphatic carbocycles. The highest BCUT2D eigenvalue weighted by atomic mass is 15.2. The molecule has 5 aliphatic heterocycles. The zero-order valence-corrected chi connectivity index (χ0v) is 15.0. The SMILES string of the molecule is CC.CC1(C)NCC2CC1[NH2+]2.CC1(C)NCC2CCC1[NH2+]2. The summed E-state index contributed by atoms with van der Waals surface area (Å²) < 4.78 is 0. The van der Waals surface area contributed by atoms with Gasteiger partial charge in [0.05, 0.1) is 23.5 Å². The van der Waals surface area contributed by atoms with Crippen molar-refractivity contribution in [1.29, 1.82) is 0 Å². The fraction of sp³-hybridized carbons (Fsp3) is 1.00. The molecule has 4 nitrogen and oxygen atoms in total. The van der Waals surface area contributed by atoms with Crippen molar-refractivity contribution in [1.82, 2.24) is 10.6 Å². The zero-order chi connectivity index (χ0) is 15.7. The first-order chi connectivity index (χ1) is 9.87. The normalized spacial score (nSPS) is 40.9. The molecular weight excluding hydrogens is 260 g/mol. The van der Waals surface area contributed by atoms with E-state index in [0.717, 1.165) is 24.2 Å². The van der Waals surface area contributed by atoms with Gasteiger partial charge in [0.25, 0.3) is 0 Å². The van der Waals surface area contributed by atoms with Gasteiger partial charge in [0.15, 0.2) is 0 Å². The van der Waals surface area contributed by atoms with Crippen LogP contribution in [0.3, 0.4) is 0 Å². The van der Waals surface area contributed by atoms with Crippen LogP contribution in [0.5, 0.6) is 0 Å². The number of fused-ring (bicyclic) bond motifs is 4. The molecule has 0 aromatic rings. The minimum Gasteiger partial charge on any atom is -0.339 e. The Balaban J connectivity index is 0.000000138. The van der Waals surface area contributed by atoms with Crippen LogP contribution in [0.4, 0.5) is 0 Å². The first-order valence-corrected chi connectivity index (χ1v) is 9.07. The van der Waals surface area contributed by atoms with Crippen molar-refractivity contribution in [2.75, 3.05) is 13.1 Å². The summed E-state index contributed by atoms with van der Waals surface area (Å²) in [4.78, 5) is 0. The van der Waals surface area contributed by atoms with E-state index >= 15 is 0 Å². The highest BCUT2D eigenvalue weighted by Crippen LogP contribution is 2.21. The third-order valence-electron chi connectivity index (χ3n) is 5.91. The average molecular weight is 299 g/mol. The van der Waals surface area contributed by atoms with Crippen LogP contribution in [0.15, 0.2) is 0 Å². The molecule has 0 aromatic carbocycles. The summed E-state index contributed by atoms with van der Waals surface area (Å²) in [6.45, 7) is 15.6. The van der Waals surface area contributed by atoms with E-state index in [1.54, 1.807) is 0 Å². The van der Waals surface area contributed by atoms with Crippen molar-refractivity contribution in [2.24, 2.45) is 0 Å². The van der Waals surface area contributed by atoms with E-state index in [0.29, 0.717) is 11.1 Å². The summed E-state index contributed by atoms with van der Waals surface area (Å²) in [5.41, 5.74) is 0.780. The number of hydrogen-bond donors (Lipinski definition) is 4. The van der Waals surface area contributed by atoms with E-state index in [9.17, 15) is 0 Å². The van der Waals surface area contributed by atoms with Gasteiger partial charge in [-0.3, -0.25) is 0 Å². The number of piperazine rings is 2. The Morgan fingerprint density at radius 2 is 1.29 bits per heavy atom. The molecule has 0 amide bonds. The second kappa shape index (κ2) is 6.53. The minimum absolute atomic E-state index is 0.382. The molecule has 5 saturated heterocycles. The summed E-state index contributed by atoms with van der Waals surface area (Å²) >= 11 is 0. The summed E-state index contributed by atoms with van der Waals surface area (Å²) in [6, 6.07) is 3.49. The van der Waals surface area contributed by atoms with Gasteiger partial charge in [0.1, 0.15) is 18.1 Å². The number of nitrogens with two attached hydrogens (primary N) is 2. The van der Waals surface area contributed by atoms with Gasteiger partial charge in [-0.25, -0.2) is 0 Å². The maximum absolute atomic E-state index is 3.59. The predicted molar refractivity (Wildman–Crippen MR) is 88.4 cm³/mol. The summed E-state index contributed by atoms with van der Waals surface area (Å²) in [5, 5.41) is 12.2. The quantitative estimate of drug-likeness (QED) is 0.490. The molecule has 5 heterocycles. The lowest BCUT2D eigenvalue weighted by atomic mass is 9.78. The summed E-state index contributed by atoms with van der Waals surface area (Å²) in [5.74, 6) is 0. The molecule has 21 heavy (non-hydrogen) atoms. The van der Waals surface area contributed by atoms with Gasteiger partial charge in [0, 0.05) is 25.9 Å². The highest BCUT2D eigenvalue weighted by molar-refractivity contribution is 4.97. The van der Waals surface area contributed by atoms with Crippen LogP contribution < -0.4 is 21.3 Å². The van der Waals surface area contributed by atoms with Gasteiger partial charge in [0.2, 0.25) is 0 Å². The van der Waals surface area contributed by atoms with Gasteiger partial charge in [-0.2, -0.15) is 0 Å². The van der Waals surface area contributed by atoms with Crippen LogP contribution in [0, 0.1) is 0 Å².